The summed E-state index contributed by atoms with van der Waals surface area (Å²) in [5.74, 6) is -1.46. The van der Waals surface area contributed by atoms with Gasteiger partial charge in [-0.05, 0) is 83.3 Å². The van der Waals surface area contributed by atoms with Crippen molar-refractivity contribution in [1.29, 1.82) is 0 Å². The highest BCUT2D eigenvalue weighted by atomic mass is 19.1. The second-order valence-electron chi connectivity index (χ2n) is 15.8. The van der Waals surface area contributed by atoms with Crippen LogP contribution in [-0.2, 0) is 43.3 Å². The lowest BCUT2D eigenvalue weighted by atomic mass is 9.73. The molecule has 2 fully saturated rings. The molecular formula is C46H42FN5O4. The van der Waals surface area contributed by atoms with Gasteiger partial charge in [0.2, 0.25) is 11.8 Å². The van der Waals surface area contributed by atoms with Crippen LogP contribution in [0.3, 0.4) is 0 Å². The molecule has 9 nitrogen and oxygen atoms in total. The molecule has 0 saturated carbocycles. The van der Waals surface area contributed by atoms with Crippen LogP contribution < -0.4 is 16.4 Å². The number of carbonyl (C=O) groups is 4. The second-order valence-corrected chi connectivity index (χ2v) is 15.8. The quantitative estimate of drug-likeness (QED) is 0.166. The first-order chi connectivity index (χ1) is 27.1. The number of fused-ring (bicyclic) bond motifs is 4. The Labute approximate surface area is 324 Å². The van der Waals surface area contributed by atoms with Gasteiger partial charge in [0.25, 0.3) is 0 Å². The number of hydrogen-bond donors (Lipinski definition) is 2. The van der Waals surface area contributed by atoms with Gasteiger partial charge in [-0.1, -0.05) is 109 Å². The van der Waals surface area contributed by atoms with E-state index in [1.54, 1.807) is 17.0 Å². The van der Waals surface area contributed by atoms with Crippen molar-refractivity contribution in [2.24, 2.45) is 22.3 Å². The molecule has 6 atom stereocenters. The molecule has 2 aliphatic heterocycles. The van der Waals surface area contributed by atoms with Crippen LogP contribution in [0.25, 0.3) is 0 Å². The molecular weight excluding hydrogens is 706 g/mol. The molecule has 10 heteroatoms. The monoisotopic (exact) mass is 747 g/mol. The largest absolute Gasteiger partial charge is 0.369 e. The molecule has 2 saturated heterocycles. The second kappa shape index (κ2) is 13.1. The van der Waals surface area contributed by atoms with Gasteiger partial charge in [0, 0.05) is 18.8 Å². The van der Waals surface area contributed by atoms with Gasteiger partial charge in [-0.25, -0.2) is 4.39 Å². The molecule has 4 aliphatic carbocycles. The Morgan fingerprint density at radius 1 is 0.607 bits per heavy atom. The highest BCUT2D eigenvalue weighted by Gasteiger charge is 2.67. The molecule has 4 bridgehead atoms. The molecule has 5 unspecified atom stereocenters. The molecule has 4 N–H and O–H groups in total. The predicted molar refractivity (Wildman–Crippen MR) is 209 cm³/mol. The number of aldehydes is 2. The van der Waals surface area contributed by atoms with Crippen molar-refractivity contribution in [1.82, 2.24) is 9.80 Å². The zero-order chi connectivity index (χ0) is 38.9. The molecule has 0 aromatic heterocycles. The molecule has 56 heavy (non-hydrogen) atoms. The van der Waals surface area contributed by atoms with Crippen molar-refractivity contribution in [2.75, 3.05) is 18.0 Å². The lowest BCUT2D eigenvalue weighted by molar-refractivity contribution is -0.139. The summed E-state index contributed by atoms with van der Waals surface area (Å²) >= 11 is 0. The number of primary amides is 2. The van der Waals surface area contributed by atoms with E-state index in [-0.39, 0.29) is 13.1 Å². The summed E-state index contributed by atoms with van der Waals surface area (Å²) in [6.45, 7) is 0.494. The Morgan fingerprint density at radius 2 is 1.00 bits per heavy atom. The molecule has 0 spiro atoms. The third-order valence-electron chi connectivity index (χ3n) is 13.2. The fourth-order valence-electron chi connectivity index (χ4n) is 10.8. The molecule has 5 aromatic rings. The molecule has 0 radical (unpaired) electrons. The molecule has 5 aromatic carbocycles. The summed E-state index contributed by atoms with van der Waals surface area (Å²) < 4.78 is 15.0. The van der Waals surface area contributed by atoms with Crippen molar-refractivity contribution in [3.63, 3.8) is 0 Å². The minimum absolute atomic E-state index is 0.247. The van der Waals surface area contributed by atoms with Crippen LogP contribution in [-0.4, -0.2) is 47.3 Å². The van der Waals surface area contributed by atoms with Crippen molar-refractivity contribution >= 4 is 30.1 Å². The Kier molecular flexibility index (Phi) is 8.33. The summed E-state index contributed by atoms with van der Waals surface area (Å²) in [6, 6.07) is 38.7. The van der Waals surface area contributed by atoms with Gasteiger partial charge in [-0.3, -0.25) is 29.0 Å². The standard InChI is InChI=1S/C46H42FN5O4/c47-37-19-21-38(22-20-37)52(45(29-53,35-7-3-1-4-8-35)50-25-23-43(41(48)55)27-31-11-15-33(16-12-31)39(43)50)46(30-54,36-9-5-2-6-10-36)51-26-24-44(42(49)56)28-32-13-17-34(18-14-32)40(44)51/h1-22,29-30,39-40H,23-28H2,(H2,48,55)(H2,49,56)/t39?,40?,43?,44?,45-,46?/m0/s1. The number of nitrogens with zero attached hydrogens (tertiary/aromatic N) is 3. The van der Waals surface area contributed by atoms with Gasteiger partial charge in [-0.15, -0.1) is 0 Å². The van der Waals surface area contributed by atoms with Gasteiger partial charge in [0.1, 0.15) is 5.82 Å². The lowest BCUT2D eigenvalue weighted by Gasteiger charge is -2.59. The lowest BCUT2D eigenvalue weighted by Crippen LogP contribution is -2.71. The van der Waals surface area contributed by atoms with Crippen LogP contribution in [0.15, 0.2) is 133 Å². The highest BCUT2D eigenvalue weighted by Crippen LogP contribution is 2.61. The third kappa shape index (κ3) is 4.85. The van der Waals surface area contributed by atoms with Crippen LogP contribution in [0.4, 0.5) is 10.1 Å². The number of hydrogen-bond acceptors (Lipinski definition) is 7. The fourth-order valence-corrected chi connectivity index (χ4v) is 10.8. The Bertz CT molecular complexity index is 2180. The first-order valence-electron chi connectivity index (χ1n) is 19.1. The zero-order valence-corrected chi connectivity index (χ0v) is 30.8. The Hall–Kier alpha value is -5.97. The number of anilines is 1. The maximum absolute atomic E-state index is 15.0. The number of nitrogens with two attached hydrogens (primary N) is 2. The Morgan fingerprint density at radius 3 is 1.36 bits per heavy atom. The van der Waals surface area contributed by atoms with E-state index >= 15 is 14.0 Å². The van der Waals surface area contributed by atoms with Gasteiger partial charge >= 0.3 is 0 Å². The van der Waals surface area contributed by atoms with E-state index in [4.69, 9.17) is 11.5 Å². The average Bonchev–Trinajstić information content (AvgIpc) is 3.59. The number of likely N-dealkylation sites (tertiary alicyclic amines) is 2. The summed E-state index contributed by atoms with van der Waals surface area (Å²) in [7, 11) is 0. The number of rotatable bonds is 11. The van der Waals surface area contributed by atoms with E-state index in [2.05, 4.69) is 0 Å². The minimum atomic E-state index is -1.86. The predicted octanol–water partition coefficient (Wildman–Crippen LogP) is 5.69. The van der Waals surface area contributed by atoms with Crippen LogP contribution in [0.1, 0.15) is 58.3 Å². The van der Waals surface area contributed by atoms with E-state index < -0.39 is 51.9 Å². The maximum Gasteiger partial charge on any atom is 0.225 e. The van der Waals surface area contributed by atoms with Crippen molar-refractivity contribution in [3.05, 3.63) is 173 Å². The first-order valence-corrected chi connectivity index (χ1v) is 19.1. The molecule has 2 heterocycles. The normalized spacial score (nSPS) is 25.9. The van der Waals surface area contributed by atoms with Gasteiger partial charge in [0.15, 0.2) is 23.9 Å². The topological polar surface area (TPSA) is 130 Å². The van der Waals surface area contributed by atoms with Crippen molar-refractivity contribution in [3.8, 4) is 0 Å². The van der Waals surface area contributed by atoms with Crippen molar-refractivity contribution < 1.29 is 23.6 Å². The summed E-state index contributed by atoms with van der Waals surface area (Å²) in [5, 5.41) is 0. The minimum Gasteiger partial charge on any atom is -0.369 e. The fraction of sp³-hybridized carbons (Fsp3) is 0.261. The summed E-state index contributed by atoms with van der Waals surface area (Å²) in [6.07, 6.45) is 3.10. The van der Waals surface area contributed by atoms with E-state index in [1.807, 2.05) is 119 Å². The third-order valence-corrected chi connectivity index (χ3v) is 13.2. The molecule has 2 amide bonds. The van der Waals surface area contributed by atoms with E-state index in [0.717, 1.165) is 34.8 Å². The smallest absolute Gasteiger partial charge is 0.225 e. The maximum atomic E-state index is 15.0. The van der Waals surface area contributed by atoms with Crippen LogP contribution in [0.5, 0.6) is 0 Å². The number of benzene rings is 5. The summed E-state index contributed by atoms with van der Waals surface area (Å²) in [4.78, 5) is 63.7. The average molecular weight is 748 g/mol. The molecule has 11 rings (SSSR count). The van der Waals surface area contributed by atoms with Gasteiger partial charge < -0.3 is 16.4 Å². The van der Waals surface area contributed by atoms with Crippen molar-refractivity contribution in [2.45, 2.75) is 49.1 Å². The number of carbonyl (C=O) groups excluding carboxylic acids is 4. The van der Waals surface area contributed by atoms with Gasteiger partial charge in [0.05, 0.1) is 22.9 Å². The van der Waals surface area contributed by atoms with E-state index in [9.17, 15) is 9.59 Å². The molecule has 282 valence electrons. The number of halogens is 1. The highest BCUT2D eigenvalue weighted by molar-refractivity contribution is 5.87. The molecule has 6 aliphatic rings. The van der Waals surface area contributed by atoms with Crippen LogP contribution in [0.2, 0.25) is 0 Å². The SMILES string of the molecule is NC(=O)C12CCN(C(C=O)(c3ccccc3)N(c3ccc(F)cc3)[C@@](C=O)(c3ccccc3)N3CCC4(C(N)=O)Cc5ccc(cc5)C34)C1c1ccc(cc1)C2. The van der Waals surface area contributed by atoms with Crippen LogP contribution >= 0.6 is 0 Å². The number of amides is 2. The zero-order valence-electron chi connectivity index (χ0n) is 30.8. The van der Waals surface area contributed by atoms with E-state index in [1.165, 1.54) is 12.1 Å². The van der Waals surface area contributed by atoms with Crippen LogP contribution in [0, 0.1) is 16.6 Å². The van der Waals surface area contributed by atoms with E-state index in [0.29, 0.717) is 42.5 Å². The Balaban J connectivity index is 1.40. The first kappa shape index (κ1) is 35.7. The van der Waals surface area contributed by atoms with Gasteiger partial charge in [-0.2, -0.15) is 0 Å². The summed E-state index contributed by atoms with van der Waals surface area (Å²) in [5.41, 5.74) is 11.8.